The predicted molar refractivity (Wildman–Crippen MR) is 90.3 cm³/mol. The number of nitrogens with two attached hydrogens (primary N) is 1. The molecule has 1 heterocycles. The van der Waals surface area contributed by atoms with Crippen molar-refractivity contribution < 1.29 is 9.53 Å². The number of amides is 1. The first-order chi connectivity index (χ1) is 9.97. The first-order valence-corrected chi connectivity index (χ1v) is 8.55. The first-order valence-electron chi connectivity index (χ1n) is 8.15. The Hall–Kier alpha value is -0.680. The molecule has 2 N–H and O–H groups in total. The molecule has 0 spiro atoms. The van der Waals surface area contributed by atoms with Crippen LogP contribution in [0, 0.1) is 5.41 Å². The van der Waals surface area contributed by atoms with Crippen LogP contribution in [-0.4, -0.2) is 42.1 Å². The molecular formula is C16H30N2O2S. The average molecular weight is 314 g/mol. The van der Waals surface area contributed by atoms with Crippen molar-refractivity contribution in [2.75, 3.05) is 20.2 Å². The highest BCUT2D eigenvalue weighted by atomic mass is 32.1. The number of ether oxygens (including phenoxy) is 1. The minimum Gasteiger partial charge on any atom is -0.392 e. The number of rotatable bonds is 8. The number of hydrogen-bond donors (Lipinski definition) is 1. The lowest BCUT2D eigenvalue weighted by Crippen LogP contribution is -2.51. The number of carbonyl (C=O) groups excluding carboxylic acids is 1. The standard InChI is InChI=1S/C16H30N2O2S/c1-4-9-16(10-5-2,14(17)21)15(19)18(3)12-13-8-6-7-11-20-13/h13H,4-12H2,1-3H3,(H2,17,21). The van der Waals surface area contributed by atoms with Gasteiger partial charge in [0.2, 0.25) is 5.91 Å². The fourth-order valence-electron chi connectivity index (χ4n) is 3.25. The maximum absolute atomic E-state index is 13.0. The van der Waals surface area contributed by atoms with Crippen LogP contribution in [0.3, 0.4) is 0 Å². The summed E-state index contributed by atoms with van der Waals surface area (Å²) >= 11 is 5.26. The Kier molecular flexibility index (Phi) is 7.60. The van der Waals surface area contributed by atoms with Crippen molar-refractivity contribution in [3.8, 4) is 0 Å². The van der Waals surface area contributed by atoms with E-state index in [1.165, 1.54) is 6.42 Å². The fourth-order valence-corrected chi connectivity index (χ4v) is 3.54. The number of likely N-dealkylation sites (N-methyl/N-ethyl adjacent to an activating group) is 1. The lowest BCUT2D eigenvalue weighted by molar-refractivity contribution is -0.140. The minimum atomic E-state index is -0.678. The van der Waals surface area contributed by atoms with Crippen LogP contribution in [0.4, 0.5) is 0 Å². The van der Waals surface area contributed by atoms with Crippen LogP contribution < -0.4 is 5.73 Å². The van der Waals surface area contributed by atoms with Gasteiger partial charge in [-0.25, -0.2) is 0 Å². The van der Waals surface area contributed by atoms with E-state index in [2.05, 4.69) is 13.8 Å². The van der Waals surface area contributed by atoms with Crippen LogP contribution in [0.15, 0.2) is 0 Å². The Bertz CT molecular complexity index is 348. The number of carbonyl (C=O) groups is 1. The summed E-state index contributed by atoms with van der Waals surface area (Å²) in [6.45, 7) is 5.58. The van der Waals surface area contributed by atoms with E-state index in [4.69, 9.17) is 22.7 Å². The van der Waals surface area contributed by atoms with Crippen molar-refractivity contribution in [1.29, 1.82) is 0 Å². The van der Waals surface area contributed by atoms with Gasteiger partial charge in [0.05, 0.1) is 16.5 Å². The number of thiocarbonyl (C=S) groups is 1. The van der Waals surface area contributed by atoms with E-state index in [0.717, 1.165) is 45.1 Å². The molecule has 0 aromatic rings. The maximum atomic E-state index is 13.0. The lowest BCUT2D eigenvalue weighted by atomic mass is 9.77. The highest BCUT2D eigenvalue weighted by Crippen LogP contribution is 2.33. The van der Waals surface area contributed by atoms with Crippen LogP contribution in [0.5, 0.6) is 0 Å². The SMILES string of the molecule is CCCC(CCC)(C(=O)N(C)CC1CCCCO1)C(N)=S. The molecular weight excluding hydrogens is 284 g/mol. The largest absolute Gasteiger partial charge is 0.392 e. The van der Waals surface area contributed by atoms with Gasteiger partial charge < -0.3 is 15.4 Å². The molecule has 21 heavy (non-hydrogen) atoms. The molecule has 1 fully saturated rings. The van der Waals surface area contributed by atoms with Gasteiger partial charge in [-0.15, -0.1) is 0 Å². The van der Waals surface area contributed by atoms with Crippen LogP contribution in [0.25, 0.3) is 0 Å². The Balaban J connectivity index is 2.79. The number of nitrogens with zero attached hydrogens (tertiary/aromatic N) is 1. The lowest BCUT2D eigenvalue weighted by Gasteiger charge is -2.36. The highest BCUT2D eigenvalue weighted by molar-refractivity contribution is 7.80. The van der Waals surface area contributed by atoms with Crippen LogP contribution in [-0.2, 0) is 9.53 Å². The van der Waals surface area contributed by atoms with Crippen molar-refractivity contribution in [1.82, 2.24) is 4.90 Å². The summed E-state index contributed by atoms with van der Waals surface area (Å²) < 4.78 is 5.73. The minimum absolute atomic E-state index is 0.0628. The molecule has 1 amide bonds. The number of hydrogen-bond acceptors (Lipinski definition) is 3. The molecule has 0 bridgehead atoms. The maximum Gasteiger partial charge on any atom is 0.235 e. The molecule has 1 unspecified atom stereocenters. The molecule has 0 saturated carbocycles. The topological polar surface area (TPSA) is 55.6 Å². The Morgan fingerprint density at radius 1 is 1.33 bits per heavy atom. The van der Waals surface area contributed by atoms with Gasteiger partial charge in [0.15, 0.2) is 0 Å². The van der Waals surface area contributed by atoms with E-state index in [1.807, 2.05) is 7.05 Å². The van der Waals surface area contributed by atoms with Crippen LogP contribution >= 0.6 is 12.2 Å². The van der Waals surface area contributed by atoms with Crippen LogP contribution in [0.1, 0.15) is 58.8 Å². The smallest absolute Gasteiger partial charge is 0.235 e. The molecule has 4 nitrogen and oxygen atoms in total. The van der Waals surface area contributed by atoms with Gasteiger partial charge in [-0.3, -0.25) is 4.79 Å². The van der Waals surface area contributed by atoms with E-state index in [-0.39, 0.29) is 12.0 Å². The summed E-state index contributed by atoms with van der Waals surface area (Å²) in [6, 6.07) is 0. The molecule has 1 atom stereocenters. The van der Waals surface area contributed by atoms with Crippen LogP contribution in [0.2, 0.25) is 0 Å². The third kappa shape index (κ3) is 4.65. The molecule has 1 aliphatic rings. The zero-order chi connectivity index (χ0) is 15.9. The van der Waals surface area contributed by atoms with E-state index < -0.39 is 5.41 Å². The second-order valence-electron chi connectivity index (χ2n) is 6.12. The van der Waals surface area contributed by atoms with Gasteiger partial charge in [-0.05, 0) is 32.1 Å². The molecule has 1 aliphatic heterocycles. The summed E-state index contributed by atoms with van der Waals surface area (Å²) in [5.74, 6) is 0.0628. The zero-order valence-corrected chi connectivity index (χ0v) is 14.5. The van der Waals surface area contributed by atoms with E-state index in [9.17, 15) is 4.79 Å². The van der Waals surface area contributed by atoms with E-state index >= 15 is 0 Å². The van der Waals surface area contributed by atoms with Crippen molar-refractivity contribution in [2.24, 2.45) is 11.1 Å². The van der Waals surface area contributed by atoms with Crippen molar-refractivity contribution in [3.63, 3.8) is 0 Å². The zero-order valence-electron chi connectivity index (χ0n) is 13.7. The molecule has 0 aromatic heterocycles. The molecule has 1 saturated heterocycles. The van der Waals surface area contributed by atoms with Gasteiger partial charge in [-0.2, -0.15) is 0 Å². The fraction of sp³-hybridized carbons (Fsp3) is 0.875. The molecule has 0 aliphatic carbocycles. The second-order valence-corrected chi connectivity index (χ2v) is 6.56. The molecule has 122 valence electrons. The quantitative estimate of drug-likeness (QED) is 0.700. The summed E-state index contributed by atoms with van der Waals surface area (Å²) in [7, 11) is 1.85. The van der Waals surface area contributed by atoms with Gasteiger partial charge in [0.1, 0.15) is 0 Å². The molecule has 1 rings (SSSR count). The normalized spacial score (nSPS) is 19.3. The molecule has 0 radical (unpaired) electrons. The van der Waals surface area contributed by atoms with Gasteiger partial charge in [0.25, 0.3) is 0 Å². The first kappa shape index (κ1) is 18.4. The van der Waals surface area contributed by atoms with Gasteiger partial charge >= 0.3 is 0 Å². The Morgan fingerprint density at radius 2 is 1.95 bits per heavy atom. The summed E-state index contributed by atoms with van der Waals surface area (Å²) in [5.41, 5.74) is 5.29. The van der Waals surface area contributed by atoms with Crippen molar-refractivity contribution in [2.45, 2.75) is 64.9 Å². The monoisotopic (exact) mass is 314 g/mol. The second kappa shape index (κ2) is 8.69. The highest BCUT2D eigenvalue weighted by Gasteiger charge is 2.42. The Labute approximate surface area is 134 Å². The van der Waals surface area contributed by atoms with Crippen molar-refractivity contribution in [3.05, 3.63) is 0 Å². The van der Waals surface area contributed by atoms with Gasteiger partial charge in [-0.1, -0.05) is 38.9 Å². The summed E-state index contributed by atoms with van der Waals surface area (Å²) in [5, 5.41) is 0. The van der Waals surface area contributed by atoms with E-state index in [0.29, 0.717) is 11.5 Å². The third-order valence-electron chi connectivity index (χ3n) is 4.33. The van der Waals surface area contributed by atoms with Crippen molar-refractivity contribution >= 4 is 23.1 Å². The predicted octanol–water partition coefficient (Wildman–Crippen LogP) is 2.89. The Morgan fingerprint density at radius 3 is 2.38 bits per heavy atom. The van der Waals surface area contributed by atoms with Gasteiger partial charge in [0, 0.05) is 20.2 Å². The summed E-state index contributed by atoms with van der Waals surface area (Å²) in [6.07, 6.45) is 6.73. The third-order valence-corrected chi connectivity index (χ3v) is 4.72. The van der Waals surface area contributed by atoms with E-state index in [1.54, 1.807) is 4.90 Å². The molecule has 0 aromatic carbocycles. The average Bonchev–Trinajstić information content (AvgIpc) is 2.46. The summed E-state index contributed by atoms with van der Waals surface area (Å²) in [4.78, 5) is 15.1. The molecule has 5 heteroatoms.